The Kier molecular flexibility index (Phi) is 5.11. The molecule has 3 unspecified atom stereocenters. The Balaban J connectivity index is 1.43. The van der Waals surface area contributed by atoms with Gasteiger partial charge >= 0.3 is 0 Å². The lowest BCUT2D eigenvalue weighted by Gasteiger charge is -2.21. The quantitative estimate of drug-likeness (QED) is 0.619. The van der Waals surface area contributed by atoms with E-state index in [2.05, 4.69) is 17.6 Å². The van der Waals surface area contributed by atoms with Gasteiger partial charge in [-0.25, -0.2) is 0 Å². The van der Waals surface area contributed by atoms with E-state index in [1.807, 2.05) is 0 Å². The molecule has 94 valence electrons. The molecule has 0 aliphatic heterocycles. The van der Waals surface area contributed by atoms with Crippen LogP contribution in [0, 0.1) is 17.8 Å². The summed E-state index contributed by atoms with van der Waals surface area (Å²) in [4.78, 5) is 0. The van der Waals surface area contributed by atoms with E-state index in [9.17, 15) is 0 Å². The largest absolute Gasteiger partial charge is 0.315 e. The monoisotopic (exact) mass is 224 g/mol. The highest BCUT2D eigenvalue weighted by Crippen LogP contribution is 2.49. The van der Waals surface area contributed by atoms with Gasteiger partial charge in [0.05, 0.1) is 0 Å². The van der Waals surface area contributed by atoms with Crippen LogP contribution in [0.2, 0.25) is 0 Å². The summed E-state index contributed by atoms with van der Waals surface area (Å²) in [6.07, 6.45) is 8.84. The average Bonchev–Trinajstić information content (AvgIpc) is 2.90. The highest BCUT2D eigenvalue weighted by molar-refractivity contribution is 4.89. The Bertz CT molecular complexity index is 193. The van der Waals surface area contributed by atoms with Gasteiger partial charge in [0.1, 0.15) is 0 Å². The van der Waals surface area contributed by atoms with E-state index in [1.165, 1.54) is 32.2 Å². The van der Waals surface area contributed by atoms with E-state index >= 15 is 0 Å². The van der Waals surface area contributed by atoms with Crippen molar-refractivity contribution < 1.29 is 0 Å². The first-order valence-corrected chi connectivity index (χ1v) is 7.31. The van der Waals surface area contributed by atoms with Crippen LogP contribution in [0.4, 0.5) is 0 Å². The van der Waals surface area contributed by atoms with Crippen molar-refractivity contribution in [3.05, 3.63) is 0 Å². The standard InChI is InChI=1S/C14H28N2/c1-2-6-15-8-9-16-7-5-14-11-12-3-4-13(14)10-12/h12-16H,2-11H2,1H3. The molecule has 0 radical (unpaired) electrons. The lowest BCUT2D eigenvalue weighted by Crippen LogP contribution is -2.29. The minimum atomic E-state index is 1.06. The maximum Gasteiger partial charge on any atom is 0.00767 e. The number of fused-ring (bicyclic) bond motifs is 2. The second kappa shape index (κ2) is 6.61. The zero-order chi connectivity index (χ0) is 11.2. The van der Waals surface area contributed by atoms with Crippen LogP contribution in [0.5, 0.6) is 0 Å². The van der Waals surface area contributed by atoms with Gasteiger partial charge in [-0.05, 0) is 62.9 Å². The van der Waals surface area contributed by atoms with Crippen LogP contribution in [-0.2, 0) is 0 Å². The molecule has 2 aliphatic carbocycles. The minimum absolute atomic E-state index is 1.06. The third kappa shape index (κ3) is 3.46. The molecule has 2 N–H and O–H groups in total. The first-order chi connectivity index (χ1) is 7.90. The van der Waals surface area contributed by atoms with Crippen molar-refractivity contribution in [1.82, 2.24) is 10.6 Å². The van der Waals surface area contributed by atoms with Crippen molar-refractivity contribution in [2.45, 2.75) is 45.4 Å². The Hall–Kier alpha value is -0.0800. The predicted octanol–water partition coefficient (Wildman–Crippen LogP) is 2.40. The molecule has 3 atom stereocenters. The molecule has 0 saturated heterocycles. The summed E-state index contributed by atoms with van der Waals surface area (Å²) in [5, 5.41) is 7.00. The van der Waals surface area contributed by atoms with Crippen molar-refractivity contribution in [2.75, 3.05) is 26.2 Å². The molecule has 0 amide bonds. The van der Waals surface area contributed by atoms with Gasteiger partial charge < -0.3 is 10.6 Å². The molecule has 2 fully saturated rings. The summed E-state index contributed by atoms with van der Waals surface area (Å²) < 4.78 is 0. The summed E-state index contributed by atoms with van der Waals surface area (Å²) in [6, 6.07) is 0. The molecule has 0 aromatic carbocycles. The normalized spacial score (nSPS) is 32.4. The Morgan fingerprint density at radius 3 is 2.38 bits per heavy atom. The fourth-order valence-electron chi connectivity index (χ4n) is 3.62. The third-order valence-electron chi connectivity index (χ3n) is 4.48. The fourth-order valence-corrected chi connectivity index (χ4v) is 3.62. The highest BCUT2D eigenvalue weighted by atomic mass is 14.9. The van der Waals surface area contributed by atoms with E-state index < -0.39 is 0 Å². The second-order valence-electron chi connectivity index (χ2n) is 5.72. The van der Waals surface area contributed by atoms with Crippen LogP contribution in [0.15, 0.2) is 0 Å². The maximum absolute atomic E-state index is 3.57. The van der Waals surface area contributed by atoms with E-state index in [-0.39, 0.29) is 0 Å². The van der Waals surface area contributed by atoms with Crippen molar-refractivity contribution in [1.29, 1.82) is 0 Å². The molecule has 2 bridgehead atoms. The highest BCUT2D eigenvalue weighted by Gasteiger charge is 2.38. The molecule has 0 aromatic rings. The SMILES string of the molecule is CCCNCCNCCC1CC2CCC1C2. The third-order valence-corrected chi connectivity index (χ3v) is 4.48. The molecule has 2 heteroatoms. The topological polar surface area (TPSA) is 24.1 Å². The lowest BCUT2D eigenvalue weighted by atomic mass is 9.86. The molecular weight excluding hydrogens is 196 g/mol. The molecular formula is C14H28N2. The molecule has 0 aromatic heterocycles. The second-order valence-corrected chi connectivity index (χ2v) is 5.72. The molecule has 2 saturated carbocycles. The molecule has 2 aliphatic rings. The van der Waals surface area contributed by atoms with E-state index in [0.717, 1.165) is 37.4 Å². The van der Waals surface area contributed by atoms with Crippen molar-refractivity contribution >= 4 is 0 Å². The fraction of sp³-hybridized carbons (Fsp3) is 1.00. The Morgan fingerprint density at radius 1 is 0.938 bits per heavy atom. The van der Waals surface area contributed by atoms with Gasteiger partial charge in [-0.2, -0.15) is 0 Å². The summed E-state index contributed by atoms with van der Waals surface area (Å²) in [6.45, 7) is 6.89. The van der Waals surface area contributed by atoms with Gasteiger partial charge in [0, 0.05) is 13.1 Å². The predicted molar refractivity (Wildman–Crippen MR) is 69.6 cm³/mol. The van der Waals surface area contributed by atoms with Gasteiger partial charge in [-0.15, -0.1) is 0 Å². The lowest BCUT2D eigenvalue weighted by molar-refractivity contribution is 0.310. The number of hydrogen-bond acceptors (Lipinski definition) is 2. The summed E-state index contributed by atoms with van der Waals surface area (Å²) in [5.41, 5.74) is 0. The van der Waals surface area contributed by atoms with Crippen molar-refractivity contribution in [2.24, 2.45) is 17.8 Å². The van der Waals surface area contributed by atoms with Crippen LogP contribution in [0.25, 0.3) is 0 Å². The number of nitrogens with one attached hydrogen (secondary N) is 2. The van der Waals surface area contributed by atoms with Crippen LogP contribution >= 0.6 is 0 Å². The Morgan fingerprint density at radius 2 is 1.75 bits per heavy atom. The van der Waals surface area contributed by atoms with Crippen LogP contribution in [0.1, 0.15) is 45.4 Å². The van der Waals surface area contributed by atoms with Gasteiger partial charge in [0.15, 0.2) is 0 Å². The van der Waals surface area contributed by atoms with Gasteiger partial charge in [0.2, 0.25) is 0 Å². The van der Waals surface area contributed by atoms with Crippen LogP contribution in [0.3, 0.4) is 0 Å². The summed E-state index contributed by atoms with van der Waals surface area (Å²) in [5.74, 6) is 3.28. The first kappa shape index (κ1) is 12.4. The van der Waals surface area contributed by atoms with E-state index in [4.69, 9.17) is 0 Å². The maximum atomic E-state index is 3.57. The van der Waals surface area contributed by atoms with Gasteiger partial charge in [-0.1, -0.05) is 13.3 Å². The average molecular weight is 224 g/mol. The first-order valence-electron chi connectivity index (χ1n) is 7.31. The van der Waals surface area contributed by atoms with Crippen LogP contribution < -0.4 is 10.6 Å². The van der Waals surface area contributed by atoms with E-state index in [0.29, 0.717) is 0 Å². The molecule has 2 rings (SSSR count). The van der Waals surface area contributed by atoms with E-state index in [1.54, 1.807) is 12.8 Å². The van der Waals surface area contributed by atoms with Crippen LogP contribution in [-0.4, -0.2) is 26.2 Å². The summed E-state index contributed by atoms with van der Waals surface area (Å²) in [7, 11) is 0. The number of hydrogen-bond donors (Lipinski definition) is 2. The van der Waals surface area contributed by atoms with Crippen molar-refractivity contribution in [3.8, 4) is 0 Å². The molecule has 16 heavy (non-hydrogen) atoms. The molecule has 2 nitrogen and oxygen atoms in total. The Labute approximate surface area is 101 Å². The number of rotatable bonds is 8. The molecule has 0 spiro atoms. The minimum Gasteiger partial charge on any atom is -0.315 e. The zero-order valence-electron chi connectivity index (χ0n) is 10.8. The smallest absolute Gasteiger partial charge is 0.00767 e. The van der Waals surface area contributed by atoms with Gasteiger partial charge in [-0.3, -0.25) is 0 Å². The van der Waals surface area contributed by atoms with Gasteiger partial charge in [0.25, 0.3) is 0 Å². The summed E-state index contributed by atoms with van der Waals surface area (Å²) >= 11 is 0. The van der Waals surface area contributed by atoms with Crippen molar-refractivity contribution in [3.63, 3.8) is 0 Å². The molecule has 0 heterocycles. The zero-order valence-corrected chi connectivity index (χ0v) is 10.8.